The monoisotopic (exact) mass is 431 g/mol. The normalized spacial score (nSPS) is 16.8. The van der Waals surface area contributed by atoms with Crippen molar-refractivity contribution in [2.75, 3.05) is 39.1 Å². The molecule has 31 heavy (non-hydrogen) atoms. The van der Waals surface area contributed by atoms with E-state index in [1.54, 1.807) is 19.2 Å². The molecule has 0 radical (unpaired) electrons. The first kappa shape index (κ1) is 22.8. The number of halogens is 2. The number of benzene rings is 2. The van der Waals surface area contributed by atoms with Gasteiger partial charge in [-0.1, -0.05) is 36.4 Å². The molecule has 1 fully saturated rings. The Bertz CT molecular complexity index is 875. The van der Waals surface area contributed by atoms with E-state index in [2.05, 4.69) is 68.5 Å². The largest absolute Gasteiger partial charge is 0.433 e. The number of aliphatic imine (C=N–C) groups is 1. The van der Waals surface area contributed by atoms with Crippen LogP contribution >= 0.6 is 0 Å². The van der Waals surface area contributed by atoms with Crippen molar-refractivity contribution in [3.63, 3.8) is 0 Å². The molecule has 0 bridgehead atoms. The Morgan fingerprint density at radius 1 is 1.19 bits per heavy atom. The first-order valence-electron chi connectivity index (χ1n) is 10.4. The van der Waals surface area contributed by atoms with Crippen molar-refractivity contribution in [1.82, 2.24) is 15.5 Å². The lowest BCUT2D eigenvalue weighted by atomic mass is 10.1. The molecule has 0 amide bonds. The number of ether oxygens (including phenoxy) is 1. The van der Waals surface area contributed by atoms with Crippen molar-refractivity contribution in [3.8, 4) is 5.75 Å². The fourth-order valence-corrected chi connectivity index (χ4v) is 3.79. The summed E-state index contributed by atoms with van der Waals surface area (Å²) in [5, 5.41) is 6.81. The minimum atomic E-state index is -2.84. The third-order valence-corrected chi connectivity index (χ3v) is 5.12. The SMILES string of the molecule is CN=C(NCc1cccc(CN(C)C)c1)NC1CCN(c2ccccc2OC(F)F)C1. The van der Waals surface area contributed by atoms with Crippen LogP contribution in [-0.4, -0.2) is 57.7 Å². The summed E-state index contributed by atoms with van der Waals surface area (Å²) in [4.78, 5) is 8.54. The van der Waals surface area contributed by atoms with E-state index in [1.165, 1.54) is 11.1 Å². The molecule has 1 saturated heterocycles. The van der Waals surface area contributed by atoms with Crippen LogP contribution in [0.2, 0.25) is 0 Å². The van der Waals surface area contributed by atoms with Gasteiger partial charge >= 0.3 is 6.61 Å². The van der Waals surface area contributed by atoms with Gasteiger partial charge in [-0.05, 0) is 43.8 Å². The molecule has 0 aliphatic carbocycles. The van der Waals surface area contributed by atoms with Crippen LogP contribution < -0.4 is 20.3 Å². The highest BCUT2D eigenvalue weighted by molar-refractivity contribution is 5.80. The van der Waals surface area contributed by atoms with Crippen molar-refractivity contribution in [1.29, 1.82) is 0 Å². The second-order valence-electron chi connectivity index (χ2n) is 7.91. The van der Waals surface area contributed by atoms with Crippen LogP contribution in [0.4, 0.5) is 14.5 Å². The molecule has 6 nitrogen and oxygen atoms in total. The molecule has 1 aliphatic rings. The average Bonchev–Trinajstić information content (AvgIpc) is 3.19. The molecule has 3 rings (SSSR count). The third-order valence-electron chi connectivity index (χ3n) is 5.12. The molecule has 2 aromatic carbocycles. The lowest BCUT2D eigenvalue weighted by molar-refractivity contribution is -0.0495. The Hall–Kier alpha value is -2.87. The average molecular weight is 432 g/mol. The summed E-state index contributed by atoms with van der Waals surface area (Å²) in [6.45, 7) is 0.169. The predicted octanol–water partition coefficient (Wildman–Crippen LogP) is 3.29. The highest BCUT2D eigenvalue weighted by Crippen LogP contribution is 2.31. The number of alkyl halides is 2. The summed E-state index contributed by atoms with van der Waals surface area (Å²) in [6.07, 6.45) is 0.877. The maximum atomic E-state index is 12.7. The summed E-state index contributed by atoms with van der Waals surface area (Å²) in [5.41, 5.74) is 3.14. The van der Waals surface area contributed by atoms with Gasteiger partial charge in [-0.3, -0.25) is 4.99 Å². The van der Waals surface area contributed by atoms with E-state index in [1.807, 2.05) is 12.1 Å². The molecular formula is C23H31F2N5O. The van der Waals surface area contributed by atoms with E-state index in [4.69, 9.17) is 0 Å². The number of rotatable bonds is 8. The van der Waals surface area contributed by atoms with Crippen molar-refractivity contribution in [2.45, 2.75) is 32.2 Å². The third kappa shape index (κ3) is 6.82. The van der Waals surface area contributed by atoms with Crippen LogP contribution in [0.1, 0.15) is 17.5 Å². The van der Waals surface area contributed by atoms with Gasteiger partial charge in [0.05, 0.1) is 5.69 Å². The van der Waals surface area contributed by atoms with Gasteiger partial charge in [0.25, 0.3) is 0 Å². The van der Waals surface area contributed by atoms with E-state index in [-0.39, 0.29) is 11.8 Å². The zero-order chi connectivity index (χ0) is 22.2. The maximum Gasteiger partial charge on any atom is 0.387 e. The van der Waals surface area contributed by atoms with Gasteiger partial charge < -0.3 is 25.2 Å². The Morgan fingerprint density at radius 3 is 2.71 bits per heavy atom. The van der Waals surface area contributed by atoms with Crippen LogP contribution in [0.25, 0.3) is 0 Å². The predicted molar refractivity (Wildman–Crippen MR) is 121 cm³/mol. The molecule has 2 aromatic rings. The number of nitrogens with zero attached hydrogens (tertiary/aromatic N) is 3. The summed E-state index contributed by atoms with van der Waals surface area (Å²) in [7, 11) is 5.86. The Kier molecular flexibility index (Phi) is 8.06. The minimum absolute atomic E-state index is 0.158. The van der Waals surface area contributed by atoms with Gasteiger partial charge in [-0.25, -0.2) is 0 Å². The Morgan fingerprint density at radius 2 is 1.97 bits per heavy atom. The number of hydrogen-bond donors (Lipinski definition) is 2. The number of hydrogen-bond acceptors (Lipinski definition) is 4. The zero-order valence-corrected chi connectivity index (χ0v) is 18.3. The molecule has 168 valence electrons. The van der Waals surface area contributed by atoms with Crippen molar-refractivity contribution < 1.29 is 13.5 Å². The first-order chi connectivity index (χ1) is 14.9. The molecule has 1 unspecified atom stereocenters. The van der Waals surface area contributed by atoms with Crippen LogP contribution in [0.15, 0.2) is 53.5 Å². The molecule has 1 heterocycles. The molecule has 2 N–H and O–H groups in total. The summed E-state index contributed by atoms with van der Waals surface area (Å²) < 4.78 is 30.1. The van der Waals surface area contributed by atoms with E-state index < -0.39 is 6.61 Å². The van der Waals surface area contributed by atoms with Gasteiger partial charge in [0.1, 0.15) is 5.75 Å². The van der Waals surface area contributed by atoms with Gasteiger partial charge in [0.2, 0.25) is 0 Å². The van der Waals surface area contributed by atoms with E-state index in [0.29, 0.717) is 18.8 Å². The Labute approximate surface area is 182 Å². The number of anilines is 1. The highest BCUT2D eigenvalue weighted by atomic mass is 19.3. The lowest BCUT2D eigenvalue weighted by Gasteiger charge is -2.22. The fraction of sp³-hybridized carbons (Fsp3) is 0.435. The summed E-state index contributed by atoms with van der Waals surface area (Å²) >= 11 is 0. The van der Waals surface area contributed by atoms with E-state index in [9.17, 15) is 8.78 Å². The van der Waals surface area contributed by atoms with Gasteiger partial charge in [0, 0.05) is 39.3 Å². The fourth-order valence-electron chi connectivity index (χ4n) is 3.79. The van der Waals surface area contributed by atoms with E-state index in [0.717, 1.165) is 25.5 Å². The maximum absolute atomic E-state index is 12.7. The van der Waals surface area contributed by atoms with Crippen molar-refractivity contribution >= 4 is 11.6 Å². The molecular weight excluding hydrogens is 400 g/mol. The molecule has 0 spiro atoms. The summed E-state index contributed by atoms with van der Waals surface area (Å²) in [6, 6.07) is 15.6. The quantitative estimate of drug-likeness (QED) is 0.496. The molecule has 1 aliphatic heterocycles. The van der Waals surface area contributed by atoms with Gasteiger partial charge in [0.15, 0.2) is 5.96 Å². The van der Waals surface area contributed by atoms with Crippen LogP contribution in [0.5, 0.6) is 5.75 Å². The second-order valence-corrected chi connectivity index (χ2v) is 7.91. The van der Waals surface area contributed by atoms with Gasteiger partial charge in [-0.15, -0.1) is 0 Å². The topological polar surface area (TPSA) is 52.1 Å². The molecule has 8 heteroatoms. The Balaban J connectivity index is 1.54. The smallest absolute Gasteiger partial charge is 0.387 e. The minimum Gasteiger partial charge on any atom is -0.433 e. The number of guanidine groups is 1. The second kappa shape index (κ2) is 10.9. The zero-order valence-electron chi connectivity index (χ0n) is 18.3. The lowest BCUT2D eigenvalue weighted by Crippen LogP contribution is -2.44. The highest BCUT2D eigenvalue weighted by Gasteiger charge is 2.26. The summed E-state index contributed by atoms with van der Waals surface area (Å²) in [5.74, 6) is 0.931. The van der Waals surface area contributed by atoms with Crippen molar-refractivity contribution in [3.05, 3.63) is 59.7 Å². The first-order valence-corrected chi connectivity index (χ1v) is 10.4. The van der Waals surface area contributed by atoms with E-state index >= 15 is 0 Å². The molecule has 0 aromatic heterocycles. The molecule has 0 saturated carbocycles. The van der Waals surface area contributed by atoms with Crippen LogP contribution in [-0.2, 0) is 13.1 Å². The molecule has 1 atom stereocenters. The standard InChI is InChI=1S/C23H31F2N5O/c1-26-23(27-14-17-7-6-8-18(13-17)15-29(2)3)28-19-11-12-30(16-19)20-9-4-5-10-21(20)31-22(24)25/h4-10,13,19,22H,11-12,14-16H2,1-3H3,(H2,26,27,28). The van der Waals surface area contributed by atoms with Crippen LogP contribution in [0, 0.1) is 0 Å². The van der Waals surface area contributed by atoms with Crippen molar-refractivity contribution in [2.24, 2.45) is 4.99 Å². The van der Waals surface area contributed by atoms with Gasteiger partial charge in [-0.2, -0.15) is 8.78 Å². The number of nitrogens with one attached hydrogen (secondary N) is 2. The van der Waals surface area contributed by atoms with Crippen LogP contribution in [0.3, 0.4) is 0 Å². The number of para-hydroxylation sites is 2.